The number of pyridine rings is 1. The van der Waals surface area contributed by atoms with Crippen LogP contribution in [0.25, 0.3) is 5.65 Å². The number of nitrogens with zero attached hydrogens (tertiary/aromatic N) is 2. The van der Waals surface area contributed by atoms with Gasteiger partial charge in [-0.3, -0.25) is 0 Å². The topological polar surface area (TPSA) is 62.1 Å². The maximum absolute atomic E-state index is 12.2. The molecule has 26 heavy (non-hydrogen) atoms. The van der Waals surface area contributed by atoms with Gasteiger partial charge in [0, 0.05) is 23.9 Å². The molecule has 0 amide bonds. The summed E-state index contributed by atoms with van der Waals surface area (Å²) in [5.74, 6) is 0.114. The maximum atomic E-state index is 12.2. The van der Waals surface area contributed by atoms with Crippen molar-refractivity contribution in [1.82, 2.24) is 9.38 Å². The Morgan fingerprint density at radius 3 is 2.81 bits per heavy atom. The molecule has 6 nitrogen and oxygen atoms in total. The summed E-state index contributed by atoms with van der Waals surface area (Å²) in [5.41, 5.74) is 2.21. The molecule has 0 radical (unpaired) electrons. The Kier molecular flexibility index (Phi) is 3.99. The molecule has 140 valence electrons. The van der Waals surface area contributed by atoms with Gasteiger partial charge in [0.15, 0.2) is 0 Å². The summed E-state index contributed by atoms with van der Waals surface area (Å²) in [5, 5.41) is 0. The molecular formula is C20H26N2O4. The third-order valence-electron chi connectivity index (χ3n) is 5.95. The summed E-state index contributed by atoms with van der Waals surface area (Å²) >= 11 is 0. The number of hydrogen-bond donors (Lipinski definition) is 0. The second kappa shape index (κ2) is 5.98. The standard InChI is InChI=1S/C20H26N2O4/c1-5-13(2)26-15-8-17-21-16(10-22(17)9-14(15)18(23)24-4)20-7-6-19(3,11-20)25-12-20/h8-10,13H,5-7,11-12H2,1-4H3/t13?,19-,20-/m0/s1. The average molecular weight is 358 g/mol. The van der Waals surface area contributed by atoms with Crippen molar-refractivity contribution >= 4 is 11.6 Å². The van der Waals surface area contributed by atoms with E-state index in [0.717, 1.165) is 37.0 Å². The van der Waals surface area contributed by atoms with Gasteiger partial charge in [0.2, 0.25) is 0 Å². The number of carbonyl (C=O) groups is 1. The summed E-state index contributed by atoms with van der Waals surface area (Å²) < 4.78 is 18.8. The molecule has 0 aromatic carbocycles. The molecule has 1 aliphatic carbocycles. The highest BCUT2D eigenvalue weighted by molar-refractivity contribution is 5.92. The number of rotatable bonds is 5. The lowest BCUT2D eigenvalue weighted by atomic mass is 9.84. The summed E-state index contributed by atoms with van der Waals surface area (Å²) in [4.78, 5) is 17.1. The van der Waals surface area contributed by atoms with Gasteiger partial charge in [0.05, 0.1) is 31.1 Å². The fraction of sp³-hybridized carbons (Fsp3) is 0.600. The van der Waals surface area contributed by atoms with Gasteiger partial charge < -0.3 is 18.6 Å². The molecular weight excluding hydrogens is 332 g/mol. The molecule has 2 aromatic heterocycles. The molecule has 3 heterocycles. The van der Waals surface area contributed by atoms with Gasteiger partial charge in [-0.2, -0.15) is 0 Å². The van der Waals surface area contributed by atoms with Crippen LogP contribution in [-0.4, -0.2) is 40.8 Å². The van der Waals surface area contributed by atoms with E-state index in [1.807, 2.05) is 30.5 Å². The molecule has 1 unspecified atom stereocenters. The van der Waals surface area contributed by atoms with E-state index < -0.39 is 5.97 Å². The number of fused-ring (bicyclic) bond motifs is 3. The molecule has 6 heteroatoms. The molecule has 2 fully saturated rings. The molecule has 2 aromatic rings. The van der Waals surface area contributed by atoms with Crippen LogP contribution in [0.4, 0.5) is 0 Å². The fourth-order valence-corrected chi connectivity index (χ4v) is 4.18. The Bertz CT molecular complexity index is 849. The highest BCUT2D eigenvalue weighted by Crippen LogP contribution is 2.53. The van der Waals surface area contributed by atoms with Crippen molar-refractivity contribution in [3.63, 3.8) is 0 Å². The van der Waals surface area contributed by atoms with E-state index in [9.17, 15) is 4.79 Å². The molecule has 3 atom stereocenters. The Hall–Kier alpha value is -2.08. The number of methoxy groups -OCH3 is 1. The van der Waals surface area contributed by atoms with Crippen LogP contribution in [0, 0.1) is 0 Å². The molecule has 1 saturated heterocycles. The largest absolute Gasteiger partial charge is 0.490 e. The molecule has 0 N–H and O–H groups in total. The van der Waals surface area contributed by atoms with Gasteiger partial charge in [0.25, 0.3) is 0 Å². The van der Waals surface area contributed by atoms with Crippen molar-refractivity contribution in [2.45, 2.75) is 63.6 Å². The Balaban J connectivity index is 1.77. The molecule has 4 rings (SSSR count). The van der Waals surface area contributed by atoms with Gasteiger partial charge in [0.1, 0.15) is 17.0 Å². The van der Waals surface area contributed by atoms with Gasteiger partial charge in [-0.15, -0.1) is 0 Å². The number of hydrogen-bond acceptors (Lipinski definition) is 5. The van der Waals surface area contributed by atoms with E-state index in [2.05, 4.69) is 6.92 Å². The summed E-state index contributed by atoms with van der Waals surface area (Å²) in [6.07, 6.45) is 7.80. The Morgan fingerprint density at radius 2 is 2.23 bits per heavy atom. The minimum atomic E-state index is -0.406. The third-order valence-corrected chi connectivity index (χ3v) is 5.95. The Labute approximate surface area is 153 Å². The zero-order chi connectivity index (χ0) is 18.5. The van der Waals surface area contributed by atoms with Crippen LogP contribution >= 0.6 is 0 Å². The van der Waals surface area contributed by atoms with Gasteiger partial charge >= 0.3 is 5.97 Å². The van der Waals surface area contributed by atoms with Crippen molar-refractivity contribution < 1.29 is 19.0 Å². The first kappa shape index (κ1) is 17.3. The van der Waals surface area contributed by atoms with Gasteiger partial charge in [-0.25, -0.2) is 9.78 Å². The van der Waals surface area contributed by atoms with Crippen LogP contribution < -0.4 is 4.74 Å². The number of esters is 1. The molecule has 1 saturated carbocycles. The number of carbonyl (C=O) groups excluding carboxylic acids is 1. The van der Waals surface area contributed by atoms with Crippen LogP contribution in [0.15, 0.2) is 18.5 Å². The number of ether oxygens (including phenoxy) is 3. The Morgan fingerprint density at radius 1 is 1.42 bits per heavy atom. The van der Waals surface area contributed by atoms with Crippen LogP contribution in [0.2, 0.25) is 0 Å². The van der Waals surface area contributed by atoms with Crippen LogP contribution in [-0.2, 0) is 14.9 Å². The first-order chi connectivity index (χ1) is 12.4. The SMILES string of the molecule is CCC(C)Oc1cc2nc([C@@]34CC[C@@](C)(C3)OC4)cn2cc1C(=O)OC. The first-order valence-corrected chi connectivity index (χ1v) is 9.30. The lowest BCUT2D eigenvalue weighted by Crippen LogP contribution is -2.26. The van der Waals surface area contributed by atoms with Crippen molar-refractivity contribution in [1.29, 1.82) is 0 Å². The lowest BCUT2D eigenvalue weighted by molar-refractivity contribution is -0.00627. The third kappa shape index (κ3) is 2.67. The molecule has 0 spiro atoms. The van der Waals surface area contributed by atoms with E-state index in [-0.39, 0.29) is 17.1 Å². The first-order valence-electron chi connectivity index (χ1n) is 9.30. The van der Waals surface area contributed by atoms with E-state index in [1.165, 1.54) is 7.11 Å². The van der Waals surface area contributed by atoms with Crippen molar-refractivity contribution in [2.75, 3.05) is 13.7 Å². The lowest BCUT2D eigenvalue weighted by Gasteiger charge is -2.24. The highest BCUT2D eigenvalue weighted by atomic mass is 16.5. The minimum Gasteiger partial charge on any atom is -0.490 e. The van der Waals surface area contributed by atoms with Crippen LogP contribution in [0.5, 0.6) is 5.75 Å². The summed E-state index contributed by atoms with van der Waals surface area (Å²) in [7, 11) is 1.38. The number of aromatic nitrogens is 2. The fourth-order valence-electron chi connectivity index (χ4n) is 4.18. The molecule has 1 aliphatic heterocycles. The monoisotopic (exact) mass is 358 g/mol. The zero-order valence-corrected chi connectivity index (χ0v) is 15.9. The number of imidazole rings is 1. The maximum Gasteiger partial charge on any atom is 0.343 e. The normalized spacial score (nSPS) is 28.5. The molecule has 2 aliphatic rings. The van der Waals surface area contributed by atoms with E-state index in [4.69, 9.17) is 19.2 Å². The minimum absolute atomic E-state index is 0.00709. The zero-order valence-electron chi connectivity index (χ0n) is 15.9. The van der Waals surface area contributed by atoms with Gasteiger partial charge in [-0.1, -0.05) is 6.92 Å². The predicted molar refractivity (Wildman–Crippen MR) is 96.8 cm³/mol. The average Bonchev–Trinajstić information content (AvgIpc) is 3.30. The van der Waals surface area contributed by atoms with Crippen molar-refractivity contribution in [3.05, 3.63) is 29.7 Å². The summed E-state index contributed by atoms with van der Waals surface area (Å²) in [6.45, 7) is 6.93. The smallest absolute Gasteiger partial charge is 0.343 e. The van der Waals surface area contributed by atoms with Crippen LogP contribution in [0.1, 0.15) is 62.5 Å². The van der Waals surface area contributed by atoms with Gasteiger partial charge in [-0.05, 0) is 39.5 Å². The molecule has 2 bridgehead atoms. The predicted octanol–water partition coefficient (Wildman–Crippen LogP) is 3.51. The van der Waals surface area contributed by atoms with E-state index in [0.29, 0.717) is 17.9 Å². The summed E-state index contributed by atoms with van der Waals surface area (Å²) in [6, 6.07) is 1.84. The van der Waals surface area contributed by atoms with Crippen molar-refractivity contribution in [3.8, 4) is 5.75 Å². The second-order valence-electron chi connectivity index (χ2n) is 7.97. The highest BCUT2D eigenvalue weighted by Gasteiger charge is 2.55. The van der Waals surface area contributed by atoms with E-state index in [1.54, 1.807) is 6.20 Å². The van der Waals surface area contributed by atoms with Crippen LogP contribution in [0.3, 0.4) is 0 Å². The van der Waals surface area contributed by atoms with Crippen molar-refractivity contribution in [2.24, 2.45) is 0 Å². The van der Waals surface area contributed by atoms with E-state index >= 15 is 0 Å². The second-order valence-corrected chi connectivity index (χ2v) is 7.97. The quantitative estimate of drug-likeness (QED) is 0.766.